The first kappa shape index (κ1) is 16.7. The van der Waals surface area contributed by atoms with Crippen LogP contribution in [0, 0.1) is 23.0 Å². The van der Waals surface area contributed by atoms with Crippen molar-refractivity contribution in [3.8, 4) is 17.3 Å². The van der Waals surface area contributed by atoms with Gasteiger partial charge in [-0.2, -0.15) is 5.26 Å². The molecule has 1 aliphatic rings. The largest absolute Gasteiger partial charge is 0.380 e. The highest BCUT2D eigenvalue weighted by molar-refractivity contribution is 6.33. The van der Waals surface area contributed by atoms with Gasteiger partial charge in [-0.05, 0) is 24.3 Å². The van der Waals surface area contributed by atoms with E-state index < -0.39 is 17.1 Å². The van der Waals surface area contributed by atoms with Crippen molar-refractivity contribution in [2.75, 3.05) is 13.2 Å². The maximum absolute atomic E-state index is 14.8. The van der Waals surface area contributed by atoms with Gasteiger partial charge in [0.1, 0.15) is 11.6 Å². The quantitative estimate of drug-likeness (QED) is 0.736. The van der Waals surface area contributed by atoms with Gasteiger partial charge < -0.3 is 9.72 Å². The van der Waals surface area contributed by atoms with E-state index >= 15 is 0 Å². The summed E-state index contributed by atoms with van der Waals surface area (Å²) in [5.74, 6) is -1.98. The van der Waals surface area contributed by atoms with Gasteiger partial charge in [-0.3, -0.25) is 4.79 Å². The molecule has 0 bridgehead atoms. The lowest BCUT2D eigenvalue weighted by Gasteiger charge is -2.27. The van der Waals surface area contributed by atoms with Gasteiger partial charge in [-0.15, -0.1) is 0 Å². The zero-order valence-corrected chi connectivity index (χ0v) is 14.0. The molecule has 0 saturated carbocycles. The van der Waals surface area contributed by atoms with Crippen molar-refractivity contribution in [2.45, 2.75) is 5.92 Å². The second kappa shape index (κ2) is 6.20. The summed E-state index contributed by atoms with van der Waals surface area (Å²) in [4.78, 5) is 15.4. The molecule has 1 aromatic heterocycles. The van der Waals surface area contributed by atoms with Crippen LogP contribution in [0.5, 0.6) is 0 Å². The summed E-state index contributed by atoms with van der Waals surface area (Å²) < 4.78 is 34.2. The molecule has 1 aliphatic heterocycles. The number of rotatable bonds is 2. The minimum absolute atomic E-state index is 0.0323. The van der Waals surface area contributed by atoms with Crippen LogP contribution < -0.4 is 5.43 Å². The number of nitrogens with zero attached hydrogens (tertiary/aromatic N) is 1. The molecule has 0 aliphatic carbocycles. The zero-order chi connectivity index (χ0) is 18.4. The first-order valence-corrected chi connectivity index (χ1v) is 8.20. The van der Waals surface area contributed by atoms with E-state index in [1.54, 1.807) is 0 Å². The molecular formula is C19H11ClF2N2O2. The third-order valence-corrected chi connectivity index (χ3v) is 4.81. The number of hydrogen-bond donors (Lipinski definition) is 1. The van der Waals surface area contributed by atoms with Crippen LogP contribution in [0.3, 0.4) is 0 Å². The summed E-state index contributed by atoms with van der Waals surface area (Å²) in [7, 11) is 0. The number of nitriles is 1. The van der Waals surface area contributed by atoms with Gasteiger partial charge >= 0.3 is 0 Å². The number of halogens is 3. The summed E-state index contributed by atoms with van der Waals surface area (Å²) in [5, 5.41) is 9.14. The number of aromatic amines is 1. The average Bonchev–Trinajstić information content (AvgIpc) is 2.56. The van der Waals surface area contributed by atoms with Crippen molar-refractivity contribution in [2.24, 2.45) is 0 Å². The van der Waals surface area contributed by atoms with Crippen LogP contribution >= 0.6 is 11.6 Å². The molecule has 0 spiro atoms. The Balaban J connectivity index is 1.96. The SMILES string of the molecule is N#Cc1ccc(Cl)c(-c2cc(=O)c3c(F)c(C4COC4)c(F)cc3[nH]2)c1. The maximum atomic E-state index is 14.8. The summed E-state index contributed by atoms with van der Waals surface area (Å²) in [6.45, 7) is 0.456. The fourth-order valence-corrected chi connectivity index (χ4v) is 3.30. The lowest BCUT2D eigenvalue weighted by atomic mass is 9.94. The van der Waals surface area contributed by atoms with Crippen LogP contribution in [-0.4, -0.2) is 18.2 Å². The third-order valence-electron chi connectivity index (χ3n) is 4.48. The van der Waals surface area contributed by atoms with Gasteiger partial charge in [0.25, 0.3) is 0 Å². The Morgan fingerprint density at radius 3 is 2.65 bits per heavy atom. The molecule has 4 rings (SSSR count). The Morgan fingerprint density at radius 1 is 1.23 bits per heavy atom. The smallest absolute Gasteiger partial charge is 0.192 e. The summed E-state index contributed by atoms with van der Waals surface area (Å²) in [6, 6.07) is 8.87. The van der Waals surface area contributed by atoms with Gasteiger partial charge in [0.15, 0.2) is 5.43 Å². The van der Waals surface area contributed by atoms with Gasteiger partial charge in [0.2, 0.25) is 0 Å². The molecule has 0 atom stereocenters. The minimum atomic E-state index is -0.863. The summed E-state index contributed by atoms with van der Waals surface area (Å²) in [6.07, 6.45) is 0. The van der Waals surface area contributed by atoms with E-state index in [2.05, 4.69) is 4.98 Å². The molecule has 0 radical (unpaired) electrons. The first-order valence-electron chi connectivity index (χ1n) is 7.82. The topological polar surface area (TPSA) is 65.9 Å². The van der Waals surface area contributed by atoms with Crippen molar-refractivity contribution >= 4 is 22.5 Å². The third kappa shape index (κ3) is 2.57. The molecule has 3 aromatic rings. The van der Waals surface area contributed by atoms with Gasteiger partial charge in [-0.25, -0.2) is 8.78 Å². The van der Waals surface area contributed by atoms with E-state index in [1.165, 1.54) is 24.3 Å². The zero-order valence-electron chi connectivity index (χ0n) is 13.3. The Bertz CT molecular complexity index is 1150. The second-order valence-electron chi connectivity index (χ2n) is 6.10. The van der Waals surface area contributed by atoms with Crippen molar-refractivity contribution in [3.05, 3.63) is 68.3 Å². The normalized spacial score (nSPS) is 14.2. The second-order valence-corrected chi connectivity index (χ2v) is 6.50. The fraction of sp³-hybridized carbons (Fsp3) is 0.158. The molecule has 2 heterocycles. The Kier molecular flexibility index (Phi) is 3.98. The summed E-state index contributed by atoms with van der Waals surface area (Å²) in [5.41, 5.74) is 0.357. The molecule has 2 aromatic carbocycles. The number of fused-ring (bicyclic) bond motifs is 1. The van der Waals surface area contributed by atoms with Crippen LogP contribution in [-0.2, 0) is 4.74 Å². The predicted molar refractivity (Wildman–Crippen MR) is 93.2 cm³/mol. The van der Waals surface area contributed by atoms with Crippen LogP contribution in [0.25, 0.3) is 22.2 Å². The highest BCUT2D eigenvalue weighted by atomic mass is 35.5. The highest BCUT2D eigenvalue weighted by Gasteiger charge is 2.29. The van der Waals surface area contributed by atoms with E-state index in [1.807, 2.05) is 6.07 Å². The molecule has 0 unspecified atom stereocenters. The Hall–Kier alpha value is -2.75. The highest BCUT2D eigenvalue weighted by Crippen LogP contribution is 2.33. The van der Waals surface area contributed by atoms with Gasteiger partial charge in [0.05, 0.1) is 41.4 Å². The number of ether oxygens (including phenoxy) is 1. The number of benzene rings is 2. The fourth-order valence-electron chi connectivity index (χ4n) is 3.08. The molecular weight excluding hydrogens is 362 g/mol. The van der Waals surface area contributed by atoms with Crippen molar-refractivity contribution < 1.29 is 13.5 Å². The molecule has 1 fully saturated rings. The number of hydrogen-bond acceptors (Lipinski definition) is 3. The lowest BCUT2D eigenvalue weighted by molar-refractivity contribution is 0.00566. The monoisotopic (exact) mass is 372 g/mol. The van der Waals surface area contributed by atoms with Crippen LogP contribution in [0.15, 0.2) is 35.1 Å². The van der Waals surface area contributed by atoms with E-state index in [0.717, 1.165) is 6.07 Å². The molecule has 1 saturated heterocycles. The maximum Gasteiger partial charge on any atom is 0.192 e. The number of aromatic nitrogens is 1. The van der Waals surface area contributed by atoms with Crippen molar-refractivity contribution in [1.82, 2.24) is 4.98 Å². The van der Waals surface area contributed by atoms with E-state index in [-0.39, 0.29) is 41.3 Å². The predicted octanol–water partition coefficient (Wildman–Crippen LogP) is 4.11. The molecule has 1 N–H and O–H groups in total. The lowest BCUT2D eigenvalue weighted by Crippen LogP contribution is -2.27. The van der Waals surface area contributed by atoms with E-state index in [4.69, 9.17) is 21.6 Å². The van der Waals surface area contributed by atoms with Crippen LogP contribution in [0.2, 0.25) is 5.02 Å². The standard InChI is InChI=1S/C19H11ClF2N2O2/c20-12-2-1-9(6-23)3-11(12)14-5-16(25)18-15(24-14)4-13(21)17(19(18)22)10-7-26-8-10/h1-5,10H,7-8H2,(H,24,25). The molecule has 4 nitrogen and oxygen atoms in total. The Morgan fingerprint density at radius 2 is 2.00 bits per heavy atom. The molecule has 26 heavy (non-hydrogen) atoms. The number of nitrogens with one attached hydrogen (secondary N) is 1. The minimum Gasteiger partial charge on any atom is -0.380 e. The first-order chi connectivity index (χ1) is 12.5. The molecule has 0 amide bonds. The summed E-state index contributed by atoms with van der Waals surface area (Å²) >= 11 is 6.15. The van der Waals surface area contributed by atoms with Gasteiger partial charge in [0, 0.05) is 28.1 Å². The average molecular weight is 373 g/mol. The van der Waals surface area contributed by atoms with Gasteiger partial charge in [-0.1, -0.05) is 11.6 Å². The van der Waals surface area contributed by atoms with E-state index in [9.17, 15) is 13.6 Å². The molecule has 7 heteroatoms. The molecule has 130 valence electrons. The van der Waals surface area contributed by atoms with Crippen LogP contribution in [0.1, 0.15) is 17.0 Å². The van der Waals surface area contributed by atoms with Crippen molar-refractivity contribution in [3.63, 3.8) is 0 Å². The number of H-pyrrole nitrogens is 1. The van der Waals surface area contributed by atoms with Crippen LogP contribution in [0.4, 0.5) is 8.78 Å². The Labute approximate surface area is 151 Å². The number of pyridine rings is 1. The van der Waals surface area contributed by atoms with Crippen molar-refractivity contribution in [1.29, 1.82) is 5.26 Å². The van der Waals surface area contributed by atoms with E-state index in [0.29, 0.717) is 16.1 Å².